The maximum Gasteiger partial charge on any atom is 0.199 e. The number of H-pyrrole nitrogens is 1. The molecule has 5 rings (SSSR count). The maximum atomic E-state index is 13.6. The van der Waals surface area contributed by atoms with Crippen LogP contribution in [0.5, 0.6) is 0 Å². The summed E-state index contributed by atoms with van der Waals surface area (Å²) in [6, 6.07) is 10.1. The highest BCUT2D eigenvalue weighted by atomic mass is 16.1. The summed E-state index contributed by atoms with van der Waals surface area (Å²) in [4.78, 5) is 26.0. The van der Waals surface area contributed by atoms with Crippen molar-refractivity contribution in [3.8, 4) is 0 Å². The van der Waals surface area contributed by atoms with Gasteiger partial charge in [-0.2, -0.15) is 0 Å². The molecule has 0 unspecified atom stereocenters. The van der Waals surface area contributed by atoms with Gasteiger partial charge in [0, 0.05) is 42.6 Å². The molecule has 0 spiro atoms. The molecule has 6 heteroatoms. The summed E-state index contributed by atoms with van der Waals surface area (Å²) >= 11 is 0. The first-order chi connectivity index (χ1) is 14.1. The van der Waals surface area contributed by atoms with Crippen LogP contribution in [0.3, 0.4) is 0 Å². The fraction of sp³-hybridized carbons (Fsp3) is 0.304. The van der Waals surface area contributed by atoms with Gasteiger partial charge in [0.1, 0.15) is 6.33 Å². The molecular formula is C23H25N5O. The third kappa shape index (κ3) is 2.67. The first-order valence-corrected chi connectivity index (χ1v) is 10.2. The number of imidazole rings is 1. The van der Waals surface area contributed by atoms with Crippen molar-refractivity contribution >= 4 is 43.9 Å². The molecule has 0 aliphatic carbocycles. The summed E-state index contributed by atoms with van der Waals surface area (Å²) in [7, 11) is 2.07. The second-order valence-electron chi connectivity index (χ2n) is 7.65. The SMILES string of the molecule is CCN(CC)CCN(C)c1ccc2ncn3c4cc5cc[nH]c5cc4c(=O)c1c23. The van der Waals surface area contributed by atoms with Crippen molar-refractivity contribution in [3.63, 3.8) is 0 Å². The van der Waals surface area contributed by atoms with Crippen LogP contribution in [0.4, 0.5) is 5.69 Å². The largest absolute Gasteiger partial charge is 0.373 e. The van der Waals surface area contributed by atoms with E-state index in [2.05, 4.69) is 51.1 Å². The lowest BCUT2D eigenvalue weighted by Crippen LogP contribution is -2.33. The number of nitrogens with zero attached hydrogens (tertiary/aromatic N) is 4. The first-order valence-electron chi connectivity index (χ1n) is 10.2. The van der Waals surface area contributed by atoms with Crippen LogP contribution in [0.15, 0.2) is 47.7 Å². The Morgan fingerprint density at radius 2 is 1.93 bits per heavy atom. The number of anilines is 1. The van der Waals surface area contributed by atoms with Crippen molar-refractivity contribution in [2.75, 3.05) is 38.1 Å². The number of hydrogen-bond acceptors (Lipinski definition) is 4. The topological polar surface area (TPSA) is 56.6 Å². The van der Waals surface area contributed by atoms with E-state index >= 15 is 0 Å². The number of benzene rings is 2. The monoisotopic (exact) mass is 387 g/mol. The van der Waals surface area contributed by atoms with Crippen LogP contribution in [-0.4, -0.2) is 52.5 Å². The number of aromatic nitrogens is 3. The quantitative estimate of drug-likeness (QED) is 0.452. The molecule has 1 N–H and O–H groups in total. The van der Waals surface area contributed by atoms with Gasteiger partial charge in [-0.3, -0.25) is 9.20 Å². The van der Waals surface area contributed by atoms with E-state index in [0.717, 1.165) is 70.1 Å². The highest BCUT2D eigenvalue weighted by Gasteiger charge is 2.19. The number of likely N-dealkylation sites (N-methyl/N-ethyl adjacent to an activating group) is 2. The Hall–Kier alpha value is -3.12. The summed E-state index contributed by atoms with van der Waals surface area (Å²) in [5.41, 5.74) is 4.68. The van der Waals surface area contributed by atoms with Crippen LogP contribution in [0.25, 0.3) is 38.2 Å². The Labute approximate surface area is 168 Å². The van der Waals surface area contributed by atoms with E-state index in [4.69, 9.17) is 0 Å². The molecule has 2 aromatic carbocycles. The molecule has 3 aromatic heterocycles. The van der Waals surface area contributed by atoms with E-state index in [0.29, 0.717) is 0 Å². The van der Waals surface area contributed by atoms with E-state index in [1.54, 1.807) is 0 Å². The number of fused-ring (bicyclic) bond motifs is 3. The minimum atomic E-state index is 0.0692. The van der Waals surface area contributed by atoms with Gasteiger partial charge < -0.3 is 14.8 Å². The van der Waals surface area contributed by atoms with Gasteiger partial charge in [-0.15, -0.1) is 0 Å². The Bertz CT molecular complexity index is 1380. The minimum absolute atomic E-state index is 0.0692. The number of rotatable bonds is 6. The fourth-order valence-electron chi connectivity index (χ4n) is 4.38. The molecule has 6 nitrogen and oxygen atoms in total. The molecule has 0 aliphatic heterocycles. The molecule has 0 fully saturated rings. The summed E-state index contributed by atoms with van der Waals surface area (Å²) in [5, 5.41) is 2.56. The molecule has 29 heavy (non-hydrogen) atoms. The van der Waals surface area contributed by atoms with Gasteiger partial charge in [-0.05, 0) is 43.4 Å². The van der Waals surface area contributed by atoms with Gasteiger partial charge in [0.25, 0.3) is 0 Å². The molecule has 0 atom stereocenters. The molecular weight excluding hydrogens is 362 g/mol. The van der Waals surface area contributed by atoms with Gasteiger partial charge in [-0.1, -0.05) is 13.8 Å². The molecule has 0 amide bonds. The van der Waals surface area contributed by atoms with Crippen molar-refractivity contribution in [2.24, 2.45) is 0 Å². The average Bonchev–Trinajstić information content (AvgIpc) is 3.38. The van der Waals surface area contributed by atoms with Gasteiger partial charge in [0.05, 0.1) is 27.6 Å². The first kappa shape index (κ1) is 17.9. The van der Waals surface area contributed by atoms with E-state index in [9.17, 15) is 4.79 Å². The van der Waals surface area contributed by atoms with Crippen molar-refractivity contribution in [1.29, 1.82) is 0 Å². The van der Waals surface area contributed by atoms with Crippen LogP contribution in [-0.2, 0) is 0 Å². The van der Waals surface area contributed by atoms with Gasteiger partial charge in [0.2, 0.25) is 0 Å². The second kappa shape index (κ2) is 6.74. The van der Waals surface area contributed by atoms with Gasteiger partial charge >= 0.3 is 0 Å². The minimum Gasteiger partial charge on any atom is -0.373 e. The third-order valence-electron chi connectivity index (χ3n) is 6.15. The van der Waals surface area contributed by atoms with Crippen LogP contribution >= 0.6 is 0 Å². The molecule has 0 bridgehead atoms. The molecule has 5 aromatic rings. The zero-order valence-corrected chi connectivity index (χ0v) is 17.1. The smallest absolute Gasteiger partial charge is 0.199 e. The Kier molecular flexibility index (Phi) is 4.17. The Morgan fingerprint density at radius 3 is 2.72 bits per heavy atom. The fourth-order valence-corrected chi connectivity index (χ4v) is 4.38. The number of hydrogen-bond donors (Lipinski definition) is 1. The normalized spacial score (nSPS) is 12.3. The highest BCUT2D eigenvalue weighted by molar-refractivity contribution is 6.09. The summed E-state index contributed by atoms with van der Waals surface area (Å²) in [6.45, 7) is 8.25. The van der Waals surface area contributed by atoms with E-state index in [1.165, 1.54) is 0 Å². The van der Waals surface area contributed by atoms with Crippen LogP contribution in [0.1, 0.15) is 13.8 Å². The van der Waals surface area contributed by atoms with Crippen molar-refractivity contribution in [2.45, 2.75) is 13.8 Å². The molecule has 0 saturated carbocycles. The maximum absolute atomic E-state index is 13.6. The molecule has 0 saturated heterocycles. The van der Waals surface area contributed by atoms with E-state index in [1.807, 2.05) is 36.8 Å². The standard InChI is InChI=1S/C23H25N5O/c1-4-27(5-2)11-10-26(3)19-7-6-17-22-21(19)23(29)16-13-18-15(8-9-24-18)12-20(16)28(22)14-25-17/h6-9,12-14,24H,4-5,10-11H2,1-3H3. The lowest BCUT2D eigenvalue weighted by atomic mass is 10.1. The van der Waals surface area contributed by atoms with Gasteiger partial charge in [-0.25, -0.2) is 4.98 Å². The predicted molar refractivity (Wildman–Crippen MR) is 121 cm³/mol. The zero-order valence-electron chi connectivity index (χ0n) is 17.1. The summed E-state index contributed by atoms with van der Waals surface area (Å²) in [6.07, 6.45) is 3.74. The van der Waals surface area contributed by atoms with Crippen LogP contribution in [0.2, 0.25) is 0 Å². The molecule has 148 valence electrons. The second-order valence-corrected chi connectivity index (χ2v) is 7.65. The zero-order chi connectivity index (χ0) is 20.1. The molecule has 0 radical (unpaired) electrons. The Balaban J connectivity index is 1.75. The summed E-state index contributed by atoms with van der Waals surface area (Å²) < 4.78 is 2.07. The number of aromatic amines is 1. The lowest BCUT2D eigenvalue weighted by molar-refractivity contribution is 0.311. The van der Waals surface area contributed by atoms with Crippen molar-refractivity contribution < 1.29 is 0 Å². The van der Waals surface area contributed by atoms with Gasteiger partial charge in [0.15, 0.2) is 5.43 Å². The highest BCUT2D eigenvalue weighted by Crippen LogP contribution is 2.31. The summed E-state index contributed by atoms with van der Waals surface area (Å²) in [5.74, 6) is 0. The number of nitrogens with one attached hydrogen (secondary N) is 1. The van der Waals surface area contributed by atoms with E-state index in [-0.39, 0.29) is 5.43 Å². The average molecular weight is 387 g/mol. The van der Waals surface area contributed by atoms with E-state index < -0.39 is 0 Å². The molecule has 3 heterocycles. The number of pyridine rings is 1. The van der Waals surface area contributed by atoms with Crippen LogP contribution < -0.4 is 10.3 Å². The molecule has 0 aliphatic rings. The third-order valence-corrected chi connectivity index (χ3v) is 6.15. The van der Waals surface area contributed by atoms with Crippen molar-refractivity contribution in [1.82, 2.24) is 19.3 Å². The lowest BCUT2D eigenvalue weighted by Gasteiger charge is -2.25. The predicted octanol–water partition coefficient (Wildman–Crippen LogP) is 3.70. The van der Waals surface area contributed by atoms with Crippen molar-refractivity contribution in [3.05, 3.63) is 53.1 Å². The van der Waals surface area contributed by atoms with Crippen LogP contribution in [0, 0.1) is 0 Å². The Morgan fingerprint density at radius 1 is 1.10 bits per heavy atom.